The van der Waals surface area contributed by atoms with Gasteiger partial charge >= 0.3 is 0 Å². The van der Waals surface area contributed by atoms with E-state index in [0.717, 1.165) is 22.9 Å². The minimum atomic E-state index is 0.314. The van der Waals surface area contributed by atoms with E-state index in [9.17, 15) is 4.79 Å². The SMILES string of the molecule is O=C(Cc1ccc(Br)cc1)C1CCCCCCC1. The number of hydrogen-bond donors (Lipinski definition) is 0. The standard InChI is InChI=1S/C16H21BrO/c17-15-10-8-13(9-11-15)12-16(18)14-6-4-2-1-3-5-7-14/h8-11,14H,1-7,12H2. The molecule has 1 fully saturated rings. The van der Waals surface area contributed by atoms with Gasteiger partial charge in [-0.15, -0.1) is 0 Å². The van der Waals surface area contributed by atoms with Crippen LogP contribution in [0.5, 0.6) is 0 Å². The summed E-state index contributed by atoms with van der Waals surface area (Å²) in [5.41, 5.74) is 1.14. The monoisotopic (exact) mass is 308 g/mol. The van der Waals surface area contributed by atoms with E-state index in [2.05, 4.69) is 15.9 Å². The first kappa shape index (κ1) is 13.8. The van der Waals surface area contributed by atoms with Crippen molar-refractivity contribution in [3.8, 4) is 0 Å². The van der Waals surface area contributed by atoms with Crippen molar-refractivity contribution in [2.45, 2.75) is 51.4 Å². The van der Waals surface area contributed by atoms with Crippen LogP contribution in [0, 0.1) is 5.92 Å². The van der Waals surface area contributed by atoms with Crippen LogP contribution in [0.2, 0.25) is 0 Å². The predicted molar refractivity (Wildman–Crippen MR) is 78.7 cm³/mol. The molecule has 0 heterocycles. The first-order valence-electron chi connectivity index (χ1n) is 7.03. The van der Waals surface area contributed by atoms with Crippen molar-refractivity contribution in [1.29, 1.82) is 0 Å². The lowest BCUT2D eigenvalue weighted by Crippen LogP contribution is -2.18. The highest BCUT2D eigenvalue weighted by atomic mass is 79.9. The van der Waals surface area contributed by atoms with Crippen LogP contribution >= 0.6 is 15.9 Å². The van der Waals surface area contributed by atoms with Gasteiger partial charge in [0.2, 0.25) is 0 Å². The molecule has 98 valence electrons. The summed E-state index contributed by atoms with van der Waals surface area (Å²) < 4.78 is 1.07. The van der Waals surface area contributed by atoms with Crippen LogP contribution in [0.4, 0.5) is 0 Å². The van der Waals surface area contributed by atoms with E-state index >= 15 is 0 Å². The van der Waals surface area contributed by atoms with Crippen LogP contribution in [0.1, 0.15) is 50.5 Å². The van der Waals surface area contributed by atoms with Crippen molar-refractivity contribution in [2.24, 2.45) is 5.92 Å². The van der Waals surface area contributed by atoms with Crippen LogP contribution in [0.15, 0.2) is 28.7 Å². The highest BCUT2D eigenvalue weighted by Crippen LogP contribution is 2.24. The molecule has 1 aromatic rings. The molecule has 0 saturated heterocycles. The summed E-state index contributed by atoms with van der Waals surface area (Å²) in [6, 6.07) is 8.12. The van der Waals surface area contributed by atoms with Crippen LogP contribution in [0.3, 0.4) is 0 Å². The summed E-state index contributed by atoms with van der Waals surface area (Å²) >= 11 is 3.42. The molecule has 1 saturated carbocycles. The third kappa shape index (κ3) is 4.24. The number of ketones is 1. The van der Waals surface area contributed by atoms with E-state index in [1.54, 1.807) is 0 Å². The van der Waals surface area contributed by atoms with E-state index in [-0.39, 0.29) is 0 Å². The Hall–Kier alpha value is -0.630. The van der Waals surface area contributed by atoms with E-state index in [0.29, 0.717) is 18.1 Å². The molecule has 2 rings (SSSR count). The van der Waals surface area contributed by atoms with Gasteiger partial charge in [-0.3, -0.25) is 4.79 Å². The van der Waals surface area contributed by atoms with E-state index in [4.69, 9.17) is 0 Å². The van der Waals surface area contributed by atoms with Gasteiger partial charge < -0.3 is 0 Å². The Kier molecular flexibility index (Phi) is 5.43. The van der Waals surface area contributed by atoms with Crippen molar-refractivity contribution in [3.05, 3.63) is 34.3 Å². The highest BCUT2D eigenvalue weighted by Gasteiger charge is 2.19. The molecular formula is C16H21BrO. The van der Waals surface area contributed by atoms with Crippen molar-refractivity contribution in [3.63, 3.8) is 0 Å². The number of halogens is 1. The Morgan fingerprint density at radius 1 is 1.00 bits per heavy atom. The molecule has 0 atom stereocenters. The van der Waals surface area contributed by atoms with Gasteiger partial charge in [-0.1, -0.05) is 60.2 Å². The fraction of sp³-hybridized carbons (Fsp3) is 0.562. The second kappa shape index (κ2) is 7.08. The molecule has 0 amide bonds. The van der Waals surface area contributed by atoms with Crippen molar-refractivity contribution in [2.75, 3.05) is 0 Å². The molecule has 0 bridgehead atoms. The molecule has 18 heavy (non-hydrogen) atoms. The van der Waals surface area contributed by atoms with Gasteiger partial charge in [-0.05, 0) is 30.5 Å². The Morgan fingerprint density at radius 3 is 2.17 bits per heavy atom. The van der Waals surface area contributed by atoms with E-state index in [1.165, 1.54) is 32.1 Å². The maximum Gasteiger partial charge on any atom is 0.140 e. The molecule has 1 aliphatic carbocycles. The maximum absolute atomic E-state index is 12.3. The Bertz CT molecular complexity index is 375. The Labute approximate surface area is 118 Å². The number of carbonyl (C=O) groups is 1. The summed E-state index contributed by atoms with van der Waals surface area (Å²) in [4.78, 5) is 12.3. The minimum Gasteiger partial charge on any atom is -0.299 e. The van der Waals surface area contributed by atoms with Gasteiger partial charge in [0.1, 0.15) is 5.78 Å². The summed E-state index contributed by atoms with van der Waals surface area (Å²) in [6.45, 7) is 0. The summed E-state index contributed by atoms with van der Waals surface area (Å²) in [5, 5.41) is 0. The first-order chi connectivity index (χ1) is 8.75. The lowest BCUT2D eigenvalue weighted by molar-refractivity contribution is -0.122. The molecule has 0 unspecified atom stereocenters. The van der Waals surface area contributed by atoms with Crippen LogP contribution in [-0.4, -0.2) is 5.78 Å². The molecule has 1 aromatic carbocycles. The van der Waals surface area contributed by atoms with Crippen LogP contribution in [0.25, 0.3) is 0 Å². The average Bonchev–Trinajstić information content (AvgIpc) is 2.31. The smallest absolute Gasteiger partial charge is 0.140 e. The maximum atomic E-state index is 12.3. The quantitative estimate of drug-likeness (QED) is 0.774. The number of benzene rings is 1. The van der Waals surface area contributed by atoms with Crippen molar-refractivity contribution in [1.82, 2.24) is 0 Å². The molecule has 0 N–H and O–H groups in total. The normalized spacial score (nSPS) is 18.1. The Morgan fingerprint density at radius 2 is 1.56 bits per heavy atom. The number of rotatable bonds is 3. The van der Waals surface area contributed by atoms with E-state index < -0.39 is 0 Å². The average molecular weight is 309 g/mol. The molecule has 1 aliphatic rings. The Balaban J connectivity index is 1.91. The zero-order valence-electron chi connectivity index (χ0n) is 10.8. The second-order valence-electron chi connectivity index (χ2n) is 5.31. The summed E-state index contributed by atoms with van der Waals surface area (Å²) in [6.07, 6.45) is 9.26. The van der Waals surface area contributed by atoms with Gasteiger partial charge in [0, 0.05) is 16.8 Å². The fourth-order valence-corrected chi connectivity index (χ4v) is 2.99. The van der Waals surface area contributed by atoms with Crippen molar-refractivity contribution < 1.29 is 4.79 Å². The topological polar surface area (TPSA) is 17.1 Å². The number of Topliss-reactive ketones (excluding diaryl/α,β-unsaturated/α-hetero) is 1. The highest BCUT2D eigenvalue weighted by molar-refractivity contribution is 9.10. The first-order valence-corrected chi connectivity index (χ1v) is 7.82. The van der Waals surface area contributed by atoms with Crippen LogP contribution in [-0.2, 0) is 11.2 Å². The van der Waals surface area contributed by atoms with Gasteiger partial charge in [0.05, 0.1) is 0 Å². The molecule has 1 nitrogen and oxygen atoms in total. The summed E-state index contributed by atoms with van der Waals surface area (Å²) in [5.74, 6) is 0.758. The molecule has 0 spiro atoms. The molecule has 0 aliphatic heterocycles. The predicted octanol–water partition coefficient (Wildman–Crippen LogP) is 4.92. The number of carbonyl (C=O) groups excluding carboxylic acids is 1. The van der Waals surface area contributed by atoms with Gasteiger partial charge in [0.25, 0.3) is 0 Å². The largest absolute Gasteiger partial charge is 0.299 e. The molecule has 0 aromatic heterocycles. The zero-order valence-corrected chi connectivity index (χ0v) is 12.4. The van der Waals surface area contributed by atoms with Gasteiger partial charge in [-0.25, -0.2) is 0 Å². The zero-order chi connectivity index (χ0) is 12.8. The van der Waals surface area contributed by atoms with Crippen LogP contribution < -0.4 is 0 Å². The third-order valence-corrected chi connectivity index (χ3v) is 4.38. The number of hydrogen-bond acceptors (Lipinski definition) is 1. The fourth-order valence-electron chi connectivity index (χ4n) is 2.73. The molecular weight excluding hydrogens is 288 g/mol. The van der Waals surface area contributed by atoms with Gasteiger partial charge in [-0.2, -0.15) is 0 Å². The lowest BCUT2D eigenvalue weighted by atomic mass is 9.86. The molecule has 0 radical (unpaired) electrons. The lowest BCUT2D eigenvalue weighted by Gasteiger charge is -2.18. The van der Waals surface area contributed by atoms with Crippen molar-refractivity contribution >= 4 is 21.7 Å². The summed E-state index contributed by atoms with van der Waals surface area (Å²) in [7, 11) is 0. The van der Waals surface area contributed by atoms with Gasteiger partial charge in [0.15, 0.2) is 0 Å². The minimum absolute atomic E-state index is 0.314. The third-order valence-electron chi connectivity index (χ3n) is 3.85. The molecule has 2 heteroatoms. The van der Waals surface area contributed by atoms with E-state index in [1.807, 2.05) is 24.3 Å². The second-order valence-corrected chi connectivity index (χ2v) is 6.23.